The summed E-state index contributed by atoms with van der Waals surface area (Å²) in [5.41, 5.74) is 0. The Bertz CT molecular complexity index is 137. The van der Waals surface area contributed by atoms with Gasteiger partial charge in [-0.25, -0.2) is 0 Å². The Hall–Kier alpha value is -0.160. The van der Waals surface area contributed by atoms with Crippen LogP contribution in [0, 0.1) is 0 Å². The molecule has 0 aromatic rings. The Balaban J connectivity index is 2.30. The van der Waals surface area contributed by atoms with Gasteiger partial charge in [0.25, 0.3) is 0 Å². The van der Waals surface area contributed by atoms with Crippen molar-refractivity contribution in [2.24, 2.45) is 0 Å². The zero-order valence-corrected chi connectivity index (χ0v) is 7.43. The topological polar surface area (TPSA) is 58.9 Å². The van der Waals surface area contributed by atoms with Crippen molar-refractivity contribution in [3.63, 3.8) is 0 Å². The molecule has 3 unspecified atom stereocenters. The van der Waals surface area contributed by atoms with E-state index in [1.807, 2.05) is 13.8 Å². The summed E-state index contributed by atoms with van der Waals surface area (Å²) in [6.07, 6.45) is -1.43. The van der Waals surface area contributed by atoms with Crippen LogP contribution in [0.3, 0.4) is 0 Å². The average Bonchev–Trinajstić information content (AvgIpc) is 1.96. The minimum absolute atomic E-state index is 0.0810. The summed E-state index contributed by atoms with van der Waals surface area (Å²) in [5.74, 6) is 0. The fraction of sp³-hybridized carbons (Fsp3) is 1.00. The molecule has 0 bridgehead atoms. The summed E-state index contributed by atoms with van der Waals surface area (Å²) in [6, 6.07) is 0. The van der Waals surface area contributed by atoms with Crippen molar-refractivity contribution in [1.82, 2.24) is 0 Å². The Morgan fingerprint density at radius 2 is 2.00 bits per heavy atom. The van der Waals surface area contributed by atoms with Gasteiger partial charge in [0.1, 0.15) is 6.10 Å². The first kappa shape index (κ1) is 9.92. The molecule has 1 heterocycles. The maximum Gasteiger partial charge on any atom is 0.160 e. The van der Waals surface area contributed by atoms with E-state index in [0.29, 0.717) is 6.42 Å². The van der Waals surface area contributed by atoms with Crippen molar-refractivity contribution < 1.29 is 19.7 Å². The number of aliphatic hydroxyl groups is 2. The van der Waals surface area contributed by atoms with Gasteiger partial charge < -0.3 is 19.7 Å². The lowest BCUT2D eigenvalue weighted by Gasteiger charge is -2.31. The standard InChI is InChI=1S/C8H16O4/c1-5(2)12-8-3-6(9)7(10)4-11-8/h5-10H,3-4H2,1-2H3. The smallest absolute Gasteiger partial charge is 0.160 e. The Kier molecular flexibility index (Phi) is 3.46. The van der Waals surface area contributed by atoms with Crippen molar-refractivity contribution in [1.29, 1.82) is 0 Å². The molecule has 0 aromatic carbocycles. The van der Waals surface area contributed by atoms with E-state index in [-0.39, 0.29) is 19.0 Å². The fourth-order valence-electron chi connectivity index (χ4n) is 1.14. The van der Waals surface area contributed by atoms with Gasteiger partial charge in [-0.3, -0.25) is 0 Å². The van der Waals surface area contributed by atoms with Gasteiger partial charge in [0, 0.05) is 6.42 Å². The molecule has 0 saturated carbocycles. The van der Waals surface area contributed by atoms with E-state index >= 15 is 0 Å². The quantitative estimate of drug-likeness (QED) is 0.616. The molecule has 72 valence electrons. The van der Waals surface area contributed by atoms with Crippen LogP contribution in [0.5, 0.6) is 0 Å². The zero-order valence-electron chi connectivity index (χ0n) is 7.43. The number of hydrogen-bond acceptors (Lipinski definition) is 4. The van der Waals surface area contributed by atoms with E-state index in [0.717, 1.165) is 0 Å². The summed E-state index contributed by atoms with van der Waals surface area (Å²) >= 11 is 0. The molecular formula is C8H16O4. The third kappa shape index (κ3) is 2.71. The number of ether oxygens (including phenoxy) is 2. The molecule has 3 atom stereocenters. The molecule has 0 aromatic heterocycles. The highest BCUT2D eigenvalue weighted by Crippen LogP contribution is 2.16. The van der Waals surface area contributed by atoms with E-state index < -0.39 is 12.2 Å². The highest BCUT2D eigenvalue weighted by Gasteiger charge is 2.29. The van der Waals surface area contributed by atoms with Crippen LogP contribution >= 0.6 is 0 Å². The van der Waals surface area contributed by atoms with Gasteiger partial charge in [-0.05, 0) is 13.8 Å². The van der Waals surface area contributed by atoms with Crippen LogP contribution in [-0.4, -0.2) is 41.4 Å². The van der Waals surface area contributed by atoms with Crippen LogP contribution in [0.1, 0.15) is 20.3 Å². The third-order valence-electron chi connectivity index (χ3n) is 1.75. The molecule has 1 aliphatic heterocycles. The van der Waals surface area contributed by atoms with E-state index in [2.05, 4.69) is 0 Å². The van der Waals surface area contributed by atoms with Crippen LogP contribution < -0.4 is 0 Å². The van der Waals surface area contributed by atoms with Crippen LogP contribution in [0.4, 0.5) is 0 Å². The maximum absolute atomic E-state index is 9.25. The second-order valence-electron chi connectivity index (χ2n) is 3.32. The highest BCUT2D eigenvalue weighted by molar-refractivity contribution is 4.73. The predicted octanol–water partition coefficient (Wildman–Crippen LogP) is -0.120. The molecule has 0 spiro atoms. The molecule has 12 heavy (non-hydrogen) atoms. The molecular weight excluding hydrogens is 160 g/mol. The Labute approximate surface area is 72.1 Å². The van der Waals surface area contributed by atoms with Gasteiger partial charge in [0.15, 0.2) is 6.29 Å². The number of hydrogen-bond donors (Lipinski definition) is 2. The maximum atomic E-state index is 9.25. The van der Waals surface area contributed by atoms with Crippen LogP contribution in [0.25, 0.3) is 0 Å². The van der Waals surface area contributed by atoms with Crippen molar-refractivity contribution in [2.45, 2.75) is 44.9 Å². The van der Waals surface area contributed by atoms with Crippen molar-refractivity contribution in [3.05, 3.63) is 0 Å². The molecule has 4 nitrogen and oxygen atoms in total. The van der Waals surface area contributed by atoms with Crippen molar-refractivity contribution >= 4 is 0 Å². The largest absolute Gasteiger partial charge is 0.390 e. The first-order chi connectivity index (χ1) is 5.59. The predicted molar refractivity (Wildman–Crippen MR) is 42.6 cm³/mol. The lowest BCUT2D eigenvalue weighted by Crippen LogP contribution is -2.42. The summed E-state index contributed by atoms with van der Waals surface area (Å²) in [7, 11) is 0. The monoisotopic (exact) mass is 176 g/mol. The summed E-state index contributed by atoms with van der Waals surface area (Å²) in [6.45, 7) is 3.96. The van der Waals surface area contributed by atoms with Crippen molar-refractivity contribution in [3.8, 4) is 0 Å². The minimum Gasteiger partial charge on any atom is -0.390 e. The summed E-state index contributed by atoms with van der Waals surface area (Å²) < 4.78 is 10.5. The highest BCUT2D eigenvalue weighted by atomic mass is 16.7. The van der Waals surface area contributed by atoms with E-state index in [1.165, 1.54) is 0 Å². The van der Waals surface area contributed by atoms with Gasteiger partial charge in [-0.2, -0.15) is 0 Å². The van der Waals surface area contributed by atoms with Crippen LogP contribution in [-0.2, 0) is 9.47 Å². The number of rotatable bonds is 2. The molecule has 1 aliphatic rings. The first-order valence-electron chi connectivity index (χ1n) is 4.22. The third-order valence-corrected chi connectivity index (χ3v) is 1.75. The fourth-order valence-corrected chi connectivity index (χ4v) is 1.14. The molecule has 1 rings (SSSR count). The van der Waals surface area contributed by atoms with Gasteiger partial charge in [-0.1, -0.05) is 0 Å². The van der Waals surface area contributed by atoms with Gasteiger partial charge in [0.2, 0.25) is 0 Å². The molecule has 4 heteroatoms. The lowest BCUT2D eigenvalue weighted by molar-refractivity contribution is -0.228. The van der Waals surface area contributed by atoms with Crippen molar-refractivity contribution in [2.75, 3.05) is 6.61 Å². The summed E-state index contributed by atoms with van der Waals surface area (Å²) in [4.78, 5) is 0. The van der Waals surface area contributed by atoms with Crippen LogP contribution in [0.2, 0.25) is 0 Å². The van der Waals surface area contributed by atoms with E-state index in [9.17, 15) is 5.11 Å². The molecule has 0 aliphatic carbocycles. The van der Waals surface area contributed by atoms with Gasteiger partial charge in [-0.15, -0.1) is 0 Å². The van der Waals surface area contributed by atoms with E-state index in [1.54, 1.807) is 0 Å². The van der Waals surface area contributed by atoms with Crippen LogP contribution in [0.15, 0.2) is 0 Å². The second kappa shape index (κ2) is 4.18. The lowest BCUT2D eigenvalue weighted by atomic mass is 10.1. The number of aliphatic hydroxyl groups excluding tert-OH is 2. The summed E-state index contributed by atoms with van der Waals surface area (Å²) in [5, 5.41) is 18.4. The molecule has 1 fully saturated rings. The molecule has 0 amide bonds. The van der Waals surface area contributed by atoms with E-state index in [4.69, 9.17) is 14.6 Å². The minimum atomic E-state index is -0.767. The Morgan fingerprint density at radius 1 is 1.33 bits per heavy atom. The molecule has 2 N–H and O–H groups in total. The zero-order chi connectivity index (χ0) is 9.14. The molecule has 0 radical (unpaired) electrons. The normalized spacial score (nSPS) is 37.2. The van der Waals surface area contributed by atoms with Gasteiger partial charge >= 0.3 is 0 Å². The Morgan fingerprint density at radius 3 is 2.50 bits per heavy atom. The average molecular weight is 176 g/mol. The first-order valence-corrected chi connectivity index (χ1v) is 4.22. The molecule has 1 saturated heterocycles. The van der Waals surface area contributed by atoms with Gasteiger partial charge in [0.05, 0.1) is 18.8 Å². The second-order valence-corrected chi connectivity index (χ2v) is 3.32. The SMILES string of the molecule is CC(C)OC1CC(O)C(O)CO1.